The van der Waals surface area contributed by atoms with Gasteiger partial charge < -0.3 is 10.1 Å². The summed E-state index contributed by atoms with van der Waals surface area (Å²) in [6.07, 6.45) is 1.40. The summed E-state index contributed by atoms with van der Waals surface area (Å²) in [5, 5.41) is 3.26. The van der Waals surface area contributed by atoms with Gasteiger partial charge in [0.15, 0.2) is 5.78 Å². The lowest BCUT2D eigenvalue weighted by Gasteiger charge is -2.10. The monoisotopic (exact) mass is 475 g/mol. The van der Waals surface area contributed by atoms with E-state index in [0.717, 1.165) is 5.56 Å². The summed E-state index contributed by atoms with van der Waals surface area (Å²) in [5.41, 5.74) is 2.34. The molecule has 0 aliphatic heterocycles. The minimum atomic E-state index is -0.346. The van der Waals surface area contributed by atoms with Crippen LogP contribution in [0.3, 0.4) is 0 Å². The first-order chi connectivity index (χ1) is 16.2. The van der Waals surface area contributed by atoms with Gasteiger partial charge in [-0.25, -0.2) is 4.98 Å². The number of anilines is 1. The van der Waals surface area contributed by atoms with E-state index >= 15 is 0 Å². The third-order valence-electron chi connectivity index (χ3n) is 5.38. The third-order valence-corrected chi connectivity index (χ3v) is 6.58. The van der Waals surface area contributed by atoms with Crippen molar-refractivity contribution >= 4 is 38.9 Å². The first-order valence-corrected chi connectivity index (χ1v) is 11.7. The van der Waals surface area contributed by atoms with Crippen LogP contribution >= 0.6 is 11.3 Å². The molecule has 34 heavy (non-hydrogen) atoms. The molecule has 0 bridgehead atoms. The SMILES string of the molecule is Cc1ccccc1NC(=O)c1sc2ncn(CC(=O)c3ccc(OC(C)C)cc3)c(=O)c2c1C. The van der Waals surface area contributed by atoms with Crippen LogP contribution in [0, 0.1) is 13.8 Å². The van der Waals surface area contributed by atoms with Gasteiger partial charge in [0, 0.05) is 11.3 Å². The molecule has 1 N–H and O–H groups in total. The highest BCUT2D eigenvalue weighted by atomic mass is 32.1. The Morgan fingerprint density at radius 1 is 1.09 bits per heavy atom. The molecule has 2 aromatic carbocycles. The number of aromatic nitrogens is 2. The maximum Gasteiger partial charge on any atom is 0.266 e. The first-order valence-electron chi connectivity index (χ1n) is 10.9. The Balaban J connectivity index is 1.58. The van der Waals surface area contributed by atoms with Crippen molar-refractivity contribution in [3.8, 4) is 5.75 Å². The molecule has 0 fully saturated rings. The Hall–Kier alpha value is -3.78. The highest BCUT2D eigenvalue weighted by Gasteiger charge is 2.21. The van der Waals surface area contributed by atoms with Gasteiger partial charge in [-0.05, 0) is 69.2 Å². The van der Waals surface area contributed by atoms with E-state index in [-0.39, 0.29) is 29.9 Å². The average Bonchev–Trinajstić information content (AvgIpc) is 3.14. The maximum atomic E-state index is 13.2. The number of fused-ring (bicyclic) bond motifs is 1. The number of ether oxygens (including phenoxy) is 1. The van der Waals surface area contributed by atoms with Crippen LogP contribution < -0.4 is 15.6 Å². The molecule has 2 heterocycles. The van der Waals surface area contributed by atoms with Gasteiger partial charge in [-0.2, -0.15) is 0 Å². The van der Waals surface area contributed by atoms with Crippen molar-refractivity contribution in [1.29, 1.82) is 0 Å². The fourth-order valence-corrected chi connectivity index (χ4v) is 4.65. The molecule has 4 rings (SSSR count). The minimum Gasteiger partial charge on any atom is -0.491 e. The number of carbonyl (C=O) groups excluding carboxylic acids is 2. The highest BCUT2D eigenvalue weighted by Crippen LogP contribution is 2.28. The zero-order valence-corrected chi connectivity index (χ0v) is 20.2. The second-order valence-electron chi connectivity index (χ2n) is 8.30. The van der Waals surface area contributed by atoms with Crippen LogP contribution in [-0.2, 0) is 6.54 Å². The molecule has 1 amide bonds. The Labute approximate surface area is 201 Å². The average molecular weight is 476 g/mol. The number of carbonyl (C=O) groups is 2. The zero-order chi connectivity index (χ0) is 24.4. The number of nitrogens with zero attached hydrogens (tertiary/aromatic N) is 2. The first kappa shape index (κ1) is 23.4. The number of rotatable bonds is 7. The molecule has 0 spiro atoms. The molecule has 0 saturated carbocycles. The molecule has 0 radical (unpaired) electrons. The number of thiophene rings is 1. The molecule has 2 aromatic heterocycles. The number of para-hydroxylation sites is 1. The van der Waals surface area contributed by atoms with E-state index in [2.05, 4.69) is 10.3 Å². The van der Waals surface area contributed by atoms with Gasteiger partial charge in [0.2, 0.25) is 0 Å². The molecule has 7 nitrogen and oxygen atoms in total. The summed E-state index contributed by atoms with van der Waals surface area (Å²) >= 11 is 1.17. The Kier molecular flexibility index (Phi) is 6.61. The van der Waals surface area contributed by atoms with Crippen LogP contribution in [0.2, 0.25) is 0 Å². The van der Waals surface area contributed by atoms with Gasteiger partial charge in [0.05, 0.1) is 29.2 Å². The summed E-state index contributed by atoms with van der Waals surface area (Å²) < 4.78 is 6.89. The largest absolute Gasteiger partial charge is 0.491 e. The third kappa shape index (κ3) is 4.77. The minimum absolute atomic E-state index is 0.0375. The standard InChI is InChI=1S/C26H25N3O4S/c1-15(2)33-19-11-9-18(10-12-19)21(30)13-29-14-27-25-22(26(29)32)17(4)23(34-25)24(31)28-20-8-6-5-7-16(20)3/h5-12,14-15H,13H2,1-4H3,(H,28,31). The summed E-state index contributed by atoms with van der Waals surface area (Å²) in [5.74, 6) is 0.169. The second-order valence-corrected chi connectivity index (χ2v) is 9.30. The number of hydrogen-bond acceptors (Lipinski definition) is 6. The van der Waals surface area contributed by atoms with Crippen LogP contribution in [0.1, 0.15) is 45.0 Å². The predicted molar refractivity (Wildman–Crippen MR) is 134 cm³/mol. The van der Waals surface area contributed by atoms with Gasteiger partial charge in [-0.3, -0.25) is 19.0 Å². The van der Waals surface area contributed by atoms with E-state index in [0.29, 0.717) is 37.7 Å². The van der Waals surface area contributed by atoms with Crippen molar-refractivity contribution in [1.82, 2.24) is 9.55 Å². The van der Waals surface area contributed by atoms with Gasteiger partial charge in [0.1, 0.15) is 10.6 Å². The van der Waals surface area contributed by atoms with Crippen LogP contribution in [0.5, 0.6) is 5.75 Å². The Morgan fingerprint density at radius 3 is 2.47 bits per heavy atom. The molecular weight excluding hydrogens is 450 g/mol. The smallest absolute Gasteiger partial charge is 0.266 e. The highest BCUT2D eigenvalue weighted by molar-refractivity contribution is 7.20. The number of ketones is 1. The Bertz CT molecular complexity index is 1430. The molecule has 0 unspecified atom stereocenters. The van der Waals surface area contributed by atoms with Gasteiger partial charge in [0.25, 0.3) is 11.5 Å². The van der Waals surface area contributed by atoms with Crippen molar-refractivity contribution < 1.29 is 14.3 Å². The molecule has 4 aromatic rings. The van der Waals surface area contributed by atoms with E-state index in [1.165, 1.54) is 22.2 Å². The lowest BCUT2D eigenvalue weighted by molar-refractivity contribution is 0.0969. The quantitative estimate of drug-likeness (QED) is 0.380. The predicted octanol–water partition coefficient (Wildman–Crippen LogP) is 5.00. The van der Waals surface area contributed by atoms with Crippen molar-refractivity contribution in [2.24, 2.45) is 0 Å². The molecule has 0 saturated heterocycles. The van der Waals surface area contributed by atoms with Crippen molar-refractivity contribution in [3.05, 3.63) is 86.8 Å². The number of aryl methyl sites for hydroxylation is 2. The number of nitrogens with one attached hydrogen (secondary N) is 1. The van der Waals surface area contributed by atoms with E-state index < -0.39 is 0 Å². The molecule has 0 aliphatic carbocycles. The fourth-order valence-electron chi connectivity index (χ4n) is 3.62. The lowest BCUT2D eigenvalue weighted by Crippen LogP contribution is -2.24. The van der Waals surface area contributed by atoms with Crippen LogP contribution in [0.15, 0.2) is 59.7 Å². The normalized spacial score (nSPS) is 11.1. The van der Waals surface area contributed by atoms with Crippen molar-refractivity contribution in [2.45, 2.75) is 40.3 Å². The van der Waals surface area contributed by atoms with E-state index in [9.17, 15) is 14.4 Å². The number of Topliss-reactive ketones (excluding diaryl/α,β-unsaturated/α-hetero) is 1. The van der Waals surface area contributed by atoms with Crippen LogP contribution in [0.25, 0.3) is 10.2 Å². The van der Waals surface area contributed by atoms with Gasteiger partial charge in [-0.15, -0.1) is 11.3 Å². The van der Waals surface area contributed by atoms with Crippen molar-refractivity contribution in [2.75, 3.05) is 5.32 Å². The summed E-state index contributed by atoms with van der Waals surface area (Å²) in [6, 6.07) is 14.3. The molecule has 8 heteroatoms. The van der Waals surface area contributed by atoms with Gasteiger partial charge in [-0.1, -0.05) is 18.2 Å². The summed E-state index contributed by atoms with van der Waals surface area (Å²) in [6.45, 7) is 7.35. The topological polar surface area (TPSA) is 90.3 Å². The summed E-state index contributed by atoms with van der Waals surface area (Å²) in [4.78, 5) is 44.1. The number of benzene rings is 2. The van der Waals surface area contributed by atoms with E-state index in [4.69, 9.17) is 4.74 Å². The number of amides is 1. The van der Waals surface area contributed by atoms with E-state index in [1.54, 1.807) is 31.2 Å². The molecule has 174 valence electrons. The zero-order valence-electron chi connectivity index (χ0n) is 19.4. The summed E-state index contributed by atoms with van der Waals surface area (Å²) in [7, 11) is 0. The molecular formula is C26H25N3O4S. The second kappa shape index (κ2) is 9.61. The number of hydrogen-bond donors (Lipinski definition) is 1. The van der Waals surface area contributed by atoms with Crippen molar-refractivity contribution in [3.63, 3.8) is 0 Å². The lowest BCUT2D eigenvalue weighted by atomic mass is 10.1. The Morgan fingerprint density at radius 2 is 1.79 bits per heavy atom. The van der Waals surface area contributed by atoms with Crippen LogP contribution in [0.4, 0.5) is 5.69 Å². The molecule has 0 atom stereocenters. The molecule has 0 aliphatic rings. The van der Waals surface area contributed by atoms with Gasteiger partial charge >= 0.3 is 0 Å². The maximum absolute atomic E-state index is 13.2. The van der Waals surface area contributed by atoms with E-state index in [1.807, 2.05) is 45.0 Å². The van der Waals surface area contributed by atoms with Crippen LogP contribution in [-0.4, -0.2) is 27.3 Å². The fraction of sp³-hybridized carbons (Fsp3) is 0.231.